The molecule has 0 fully saturated rings. The molecule has 0 bridgehead atoms. The van der Waals surface area contributed by atoms with Crippen LogP contribution in [0.5, 0.6) is 5.75 Å². The monoisotopic (exact) mass is 503 g/mol. The summed E-state index contributed by atoms with van der Waals surface area (Å²) in [5.41, 5.74) is 3.76. The first-order valence-electron chi connectivity index (χ1n) is 15.0. The van der Waals surface area contributed by atoms with Crippen molar-refractivity contribution in [2.75, 3.05) is 0 Å². The molecule has 0 unspecified atom stereocenters. The van der Waals surface area contributed by atoms with E-state index in [9.17, 15) is 9.90 Å². The lowest BCUT2D eigenvalue weighted by atomic mass is 9.76. The Morgan fingerprint density at radius 3 is 2.16 bits per heavy atom. The first-order chi connectivity index (χ1) is 18.2. The van der Waals surface area contributed by atoms with Crippen molar-refractivity contribution in [3.8, 4) is 5.75 Å². The second kappa shape index (κ2) is 17.1. The van der Waals surface area contributed by atoms with E-state index in [-0.39, 0.29) is 23.6 Å². The number of phenols is 1. The molecule has 0 spiro atoms. The summed E-state index contributed by atoms with van der Waals surface area (Å²) in [5, 5.41) is 13.1. The largest absolute Gasteiger partial charge is 0.508 e. The number of hydrogen-bond acceptors (Lipinski definition) is 2. The zero-order chi connectivity index (χ0) is 26.1. The fourth-order valence-corrected chi connectivity index (χ4v) is 5.62. The van der Waals surface area contributed by atoms with Crippen LogP contribution < -0.4 is 5.32 Å². The van der Waals surface area contributed by atoms with Gasteiger partial charge < -0.3 is 10.4 Å². The van der Waals surface area contributed by atoms with Crippen LogP contribution >= 0.6 is 0 Å². The number of nitrogens with one attached hydrogen (secondary N) is 1. The Bertz CT molecular complexity index is 933. The van der Waals surface area contributed by atoms with Crippen LogP contribution in [0.4, 0.5) is 0 Å². The molecule has 0 aromatic heterocycles. The third kappa shape index (κ3) is 10.4. The van der Waals surface area contributed by atoms with Crippen LogP contribution in [0.2, 0.25) is 0 Å². The number of aromatic hydroxyl groups is 1. The molecule has 0 saturated carbocycles. The van der Waals surface area contributed by atoms with Gasteiger partial charge in [0.1, 0.15) is 5.75 Å². The number of benzene rings is 2. The molecule has 3 rings (SSSR count). The average Bonchev–Trinajstić information content (AvgIpc) is 2.91. The minimum atomic E-state index is -0.00915. The molecule has 1 amide bonds. The van der Waals surface area contributed by atoms with Crippen molar-refractivity contribution in [1.82, 2.24) is 5.32 Å². The molecular weight excluding hydrogens is 454 g/mol. The average molecular weight is 504 g/mol. The van der Waals surface area contributed by atoms with E-state index in [1.165, 1.54) is 87.3 Å². The third-order valence-corrected chi connectivity index (χ3v) is 7.82. The van der Waals surface area contributed by atoms with Gasteiger partial charge in [0.25, 0.3) is 0 Å². The molecule has 3 nitrogen and oxygen atoms in total. The summed E-state index contributed by atoms with van der Waals surface area (Å²) in [6.45, 7) is 2.27. The van der Waals surface area contributed by atoms with Gasteiger partial charge in [0, 0.05) is 12.3 Å². The second-order valence-corrected chi connectivity index (χ2v) is 10.8. The maximum atomic E-state index is 12.9. The summed E-state index contributed by atoms with van der Waals surface area (Å²) in [5.74, 6) is 0.668. The predicted molar refractivity (Wildman–Crippen MR) is 156 cm³/mol. The fourth-order valence-electron chi connectivity index (χ4n) is 5.62. The van der Waals surface area contributed by atoms with E-state index >= 15 is 0 Å². The molecule has 37 heavy (non-hydrogen) atoms. The molecule has 2 aromatic rings. The molecule has 0 radical (unpaired) electrons. The lowest BCUT2D eigenvalue weighted by molar-refractivity contribution is -0.122. The lowest BCUT2D eigenvalue weighted by Crippen LogP contribution is -2.35. The highest BCUT2D eigenvalue weighted by atomic mass is 16.3. The summed E-state index contributed by atoms with van der Waals surface area (Å²) in [7, 11) is 0. The predicted octanol–water partition coefficient (Wildman–Crippen LogP) is 9.32. The minimum Gasteiger partial charge on any atom is -0.508 e. The summed E-state index contributed by atoms with van der Waals surface area (Å²) in [4.78, 5) is 12.9. The standard InChI is InChI=1S/C34H49NO2/c1-2-3-4-5-6-7-8-9-10-11-12-13-14-15-16-21-33(37)35-34-31-20-18-17-19-28(31)24-27-32(34)29-22-25-30(36)26-23-29/h9-10,17-20,22-23,25-26,32,34,36H,2-8,11-16,21,24,27H2,1H3,(H,35,37)/t32-,34+/m0/s1. The quantitative estimate of drug-likeness (QED) is 0.167. The zero-order valence-corrected chi connectivity index (χ0v) is 23.1. The molecule has 0 aliphatic heterocycles. The summed E-state index contributed by atoms with van der Waals surface area (Å²) in [6.07, 6.45) is 23.8. The number of fused-ring (bicyclic) bond motifs is 1. The first-order valence-corrected chi connectivity index (χ1v) is 15.0. The molecule has 1 aliphatic rings. The van der Waals surface area contributed by atoms with E-state index in [0.717, 1.165) is 25.7 Å². The van der Waals surface area contributed by atoms with Crippen LogP contribution in [0.15, 0.2) is 60.7 Å². The highest BCUT2D eigenvalue weighted by molar-refractivity contribution is 5.76. The van der Waals surface area contributed by atoms with Crippen molar-refractivity contribution >= 4 is 5.91 Å². The maximum Gasteiger partial charge on any atom is 0.220 e. The van der Waals surface area contributed by atoms with Crippen molar-refractivity contribution in [2.24, 2.45) is 0 Å². The normalized spacial score (nSPS) is 17.1. The highest BCUT2D eigenvalue weighted by Crippen LogP contribution is 2.41. The second-order valence-electron chi connectivity index (χ2n) is 10.8. The van der Waals surface area contributed by atoms with E-state index in [1.807, 2.05) is 12.1 Å². The van der Waals surface area contributed by atoms with E-state index < -0.39 is 0 Å². The van der Waals surface area contributed by atoms with Crippen molar-refractivity contribution in [1.29, 1.82) is 0 Å². The molecule has 2 N–H and O–H groups in total. The highest BCUT2D eigenvalue weighted by Gasteiger charge is 2.31. The van der Waals surface area contributed by atoms with Gasteiger partial charge in [0.2, 0.25) is 5.91 Å². The van der Waals surface area contributed by atoms with E-state index in [4.69, 9.17) is 0 Å². The number of aryl methyl sites for hydroxylation is 1. The van der Waals surface area contributed by atoms with Crippen molar-refractivity contribution < 1.29 is 9.90 Å². The van der Waals surface area contributed by atoms with Gasteiger partial charge in [-0.3, -0.25) is 4.79 Å². The van der Waals surface area contributed by atoms with Gasteiger partial charge in [-0.05, 0) is 73.8 Å². The number of phenolic OH excluding ortho intramolecular Hbond substituents is 1. The Balaban J connectivity index is 1.32. The Labute approximate surface area is 225 Å². The Morgan fingerprint density at radius 2 is 1.46 bits per heavy atom. The minimum absolute atomic E-state index is 0.00915. The number of hydrogen-bond donors (Lipinski definition) is 2. The molecule has 2 atom stereocenters. The molecular formula is C34H49NO2. The van der Waals surface area contributed by atoms with Gasteiger partial charge in [0.05, 0.1) is 6.04 Å². The summed E-state index contributed by atoms with van der Waals surface area (Å²) >= 11 is 0. The Morgan fingerprint density at radius 1 is 0.838 bits per heavy atom. The van der Waals surface area contributed by atoms with Gasteiger partial charge in [-0.1, -0.05) is 107 Å². The van der Waals surface area contributed by atoms with Crippen LogP contribution in [-0.4, -0.2) is 11.0 Å². The maximum absolute atomic E-state index is 12.9. The van der Waals surface area contributed by atoms with Crippen LogP contribution in [0.3, 0.4) is 0 Å². The number of amides is 1. The smallest absolute Gasteiger partial charge is 0.220 e. The van der Waals surface area contributed by atoms with E-state index in [0.29, 0.717) is 6.42 Å². The van der Waals surface area contributed by atoms with Crippen molar-refractivity contribution in [2.45, 2.75) is 122 Å². The van der Waals surface area contributed by atoms with Gasteiger partial charge in [-0.2, -0.15) is 0 Å². The number of unbranched alkanes of at least 4 members (excludes halogenated alkanes) is 11. The number of carbonyl (C=O) groups excluding carboxylic acids is 1. The Kier molecular flexibility index (Phi) is 13.4. The fraction of sp³-hybridized carbons (Fsp3) is 0.559. The molecule has 202 valence electrons. The third-order valence-electron chi connectivity index (χ3n) is 7.82. The van der Waals surface area contributed by atoms with Crippen LogP contribution in [0, 0.1) is 0 Å². The number of allylic oxidation sites excluding steroid dienone is 2. The van der Waals surface area contributed by atoms with Crippen LogP contribution in [0.25, 0.3) is 0 Å². The molecule has 1 aliphatic carbocycles. The molecule has 3 heteroatoms. The van der Waals surface area contributed by atoms with Gasteiger partial charge in [0.15, 0.2) is 0 Å². The van der Waals surface area contributed by atoms with Crippen LogP contribution in [-0.2, 0) is 11.2 Å². The Hall–Kier alpha value is -2.55. The summed E-state index contributed by atoms with van der Waals surface area (Å²) in [6, 6.07) is 16.0. The van der Waals surface area contributed by atoms with Gasteiger partial charge >= 0.3 is 0 Å². The van der Waals surface area contributed by atoms with E-state index in [1.54, 1.807) is 12.1 Å². The van der Waals surface area contributed by atoms with Crippen molar-refractivity contribution in [3.05, 3.63) is 77.4 Å². The lowest BCUT2D eigenvalue weighted by Gasteiger charge is -2.34. The zero-order valence-electron chi connectivity index (χ0n) is 23.1. The van der Waals surface area contributed by atoms with Crippen LogP contribution in [0.1, 0.15) is 132 Å². The van der Waals surface area contributed by atoms with E-state index in [2.05, 4.69) is 48.7 Å². The topological polar surface area (TPSA) is 49.3 Å². The van der Waals surface area contributed by atoms with Crippen molar-refractivity contribution in [3.63, 3.8) is 0 Å². The number of carbonyl (C=O) groups is 1. The molecule has 2 aromatic carbocycles. The van der Waals surface area contributed by atoms with Gasteiger partial charge in [-0.25, -0.2) is 0 Å². The molecule has 0 heterocycles. The van der Waals surface area contributed by atoms with Gasteiger partial charge in [-0.15, -0.1) is 0 Å². The SMILES string of the molecule is CCCCCCCCC=CCCCCCCCC(=O)N[C@@H]1c2ccccc2CC[C@H]1c1ccc(O)cc1. The number of rotatable bonds is 17. The summed E-state index contributed by atoms with van der Waals surface area (Å²) < 4.78 is 0. The first kappa shape index (κ1) is 29.0. The molecule has 0 saturated heterocycles.